The molecule has 0 unspecified atom stereocenters. The molecule has 0 atom stereocenters. The largest absolute Gasteiger partial charge is 0.421 e. The molecule has 2 aromatic rings. The Balaban J connectivity index is 0.00000121. The van der Waals surface area contributed by atoms with E-state index in [1.54, 1.807) is 16.8 Å². The summed E-state index contributed by atoms with van der Waals surface area (Å²) in [6.45, 7) is 2.86. The fourth-order valence-electron chi connectivity index (χ4n) is 2.73. The quantitative estimate of drug-likeness (QED) is 0.550. The molecule has 22 heavy (non-hydrogen) atoms. The van der Waals surface area contributed by atoms with E-state index < -0.39 is 0 Å². The summed E-state index contributed by atoms with van der Waals surface area (Å²) >= 11 is 0. The molecule has 0 fully saturated rings. The van der Waals surface area contributed by atoms with Gasteiger partial charge in [-0.15, -0.1) is 12.3 Å². The molecule has 0 saturated carbocycles. The molecule has 1 aromatic carbocycles. The Morgan fingerprint density at radius 3 is 2.73 bits per heavy atom. The predicted octanol–water partition coefficient (Wildman–Crippen LogP) is 1.20. The van der Waals surface area contributed by atoms with Crippen molar-refractivity contribution in [3.05, 3.63) is 69.6 Å². The molecule has 3 nitrogen and oxygen atoms in total. The van der Waals surface area contributed by atoms with Crippen molar-refractivity contribution in [3.63, 3.8) is 0 Å². The van der Waals surface area contributed by atoms with Crippen LogP contribution in [0.2, 0.25) is 0 Å². The normalized spacial score (nSPS) is 13.3. The van der Waals surface area contributed by atoms with E-state index in [0.717, 1.165) is 38.9 Å². The SMILES string of the molecule is O=c1c[c-]ccn1CCc1ccc2c(c1)CCNCC2.[B].[W]. The van der Waals surface area contributed by atoms with Crippen LogP contribution in [0.4, 0.5) is 0 Å². The first-order valence-corrected chi connectivity index (χ1v) is 7.21. The maximum Gasteiger partial charge on any atom is 0.135 e. The minimum absolute atomic E-state index is 0. The number of nitrogens with one attached hydrogen (secondary N) is 1. The average molecular weight is 462 g/mol. The molecule has 1 aliphatic rings. The van der Waals surface area contributed by atoms with Crippen LogP contribution >= 0.6 is 0 Å². The van der Waals surface area contributed by atoms with Crippen LogP contribution in [-0.4, -0.2) is 26.1 Å². The van der Waals surface area contributed by atoms with E-state index in [-0.39, 0.29) is 35.0 Å². The van der Waals surface area contributed by atoms with Crippen molar-refractivity contribution < 1.29 is 21.1 Å². The molecular formula is C17H19BN2OW-. The van der Waals surface area contributed by atoms with Crippen LogP contribution in [0.3, 0.4) is 0 Å². The second kappa shape index (κ2) is 9.12. The smallest absolute Gasteiger partial charge is 0.135 e. The molecule has 113 valence electrons. The first kappa shape index (κ1) is 18.9. The van der Waals surface area contributed by atoms with Crippen LogP contribution < -0.4 is 10.9 Å². The molecular weight excluding hydrogens is 443 g/mol. The summed E-state index contributed by atoms with van der Waals surface area (Å²) in [5.41, 5.74) is 4.25. The maximum atomic E-state index is 11.6. The van der Waals surface area contributed by atoms with Gasteiger partial charge in [-0.05, 0) is 49.0 Å². The number of hydrogen-bond acceptors (Lipinski definition) is 2. The second-order valence-corrected chi connectivity index (χ2v) is 5.26. The predicted molar refractivity (Wildman–Crippen MR) is 85.7 cm³/mol. The van der Waals surface area contributed by atoms with Gasteiger partial charge in [0.2, 0.25) is 0 Å². The Kier molecular flexibility index (Phi) is 7.85. The van der Waals surface area contributed by atoms with Crippen molar-refractivity contribution in [1.82, 2.24) is 9.88 Å². The van der Waals surface area contributed by atoms with Gasteiger partial charge in [-0.2, -0.15) is 12.1 Å². The summed E-state index contributed by atoms with van der Waals surface area (Å²) in [6, 6.07) is 12.8. The van der Waals surface area contributed by atoms with Crippen LogP contribution in [0.15, 0.2) is 41.3 Å². The van der Waals surface area contributed by atoms with Crippen molar-refractivity contribution in [1.29, 1.82) is 0 Å². The number of aryl methyl sites for hydroxylation is 2. The standard InChI is InChI=1S/C17H19N2O.B.W/c20-17-3-1-2-11-19(17)12-8-14-4-5-15-6-9-18-10-7-16(15)13-14;;/h2-5,11,13,18H,6-10,12H2;;/q-1;;. The van der Waals surface area contributed by atoms with E-state index in [9.17, 15) is 4.79 Å². The number of benzene rings is 1. The molecule has 2 heterocycles. The maximum absolute atomic E-state index is 11.6. The van der Waals surface area contributed by atoms with Gasteiger partial charge >= 0.3 is 0 Å². The van der Waals surface area contributed by atoms with Gasteiger partial charge in [0.15, 0.2) is 0 Å². The Morgan fingerprint density at radius 2 is 1.95 bits per heavy atom. The molecule has 0 spiro atoms. The monoisotopic (exact) mass is 462 g/mol. The molecule has 0 saturated heterocycles. The van der Waals surface area contributed by atoms with Gasteiger partial charge in [0, 0.05) is 36.0 Å². The summed E-state index contributed by atoms with van der Waals surface area (Å²) in [6.07, 6.45) is 4.91. The first-order valence-electron chi connectivity index (χ1n) is 7.21. The zero-order valence-electron chi connectivity index (χ0n) is 12.5. The summed E-state index contributed by atoms with van der Waals surface area (Å²) in [4.78, 5) is 11.6. The summed E-state index contributed by atoms with van der Waals surface area (Å²) in [5, 5.41) is 3.43. The third-order valence-electron chi connectivity index (χ3n) is 3.89. The number of pyridine rings is 1. The third-order valence-corrected chi connectivity index (χ3v) is 3.89. The van der Waals surface area contributed by atoms with E-state index >= 15 is 0 Å². The summed E-state index contributed by atoms with van der Waals surface area (Å²) < 4.78 is 1.74. The van der Waals surface area contributed by atoms with E-state index in [4.69, 9.17) is 0 Å². The van der Waals surface area contributed by atoms with Gasteiger partial charge in [-0.25, -0.2) is 0 Å². The molecule has 3 radical (unpaired) electrons. The Morgan fingerprint density at radius 1 is 1.18 bits per heavy atom. The molecule has 0 amide bonds. The van der Waals surface area contributed by atoms with E-state index in [1.165, 1.54) is 22.8 Å². The van der Waals surface area contributed by atoms with Crippen molar-refractivity contribution >= 4 is 8.41 Å². The summed E-state index contributed by atoms with van der Waals surface area (Å²) in [5.74, 6) is 0. The molecule has 0 aliphatic carbocycles. The minimum Gasteiger partial charge on any atom is -0.421 e. The fraction of sp³-hybridized carbons (Fsp3) is 0.353. The average Bonchev–Trinajstić information content (AvgIpc) is 2.71. The Hall–Kier alpha value is -1.12. The molecule has 3 rings (SSSR count). The van der Waals surface area contributed by atoms with Crippen LogP contribution in [0, 0.1) is 6.07 Å². The van der Waals surface area contributed by atoms with Crippen LogP contribution in [-0.2, 0) is 46.9 Å². The van der Waals surface area contributed by atoms with Crippen LogP contribution in [0.25, 0.3) is 0 Å². The third kappa shape index (κ3) is 4.69. The number of fused-ring (bicyclic) bond motifs is 1. The van der Waals surface area contributed by atoms with E-state index in [2.05, 4.69) is 29.6 Å². The molecule has 5 heteroatoms. The Labute approximate surface area is 148 Å². The molecule has 0 bridgehead atoms. The van der Waals surface area contributed by atoms with E-state index in [0.29, 0.717) is 0 Å². The topological polar surface area (TPSA) is 34.0 Å². The van der Waals surface area contributed by atoms with Crippen molar-refractivity contribution in [3.8, 4) is 0 Å². The fourth-order valence-corrected chi connectivity index (χ4v) is 2.73. The van der Waals surface area contributed by atoms with Crippen molar-refractivity contribution in [2.75, 3.05) is 13.1 Å². The number of hydrogen-bond donors (Lipinski definition) is 1. The van der Waals surface area contributed by atoms with Gasteiger partial charge in [-0.1, -0.05) is 18.2 Å². The van der Waals surface area contributed by atoms with Gasteiger partial charge in [-0.3, -0.25) is 0 Å². The van der Waals surface area contributed by atoms with Gasteiger partial charge in [0.05, 0.1) is 0 Å². The zero-order valence-corrected chi connectivity index (χ0v) is 15.5. The number of aromatic nitrogens is 1. The van der Waals surface area contributed by atoms with Crippen molar-refractivity contribution in [2.24, 2.45) is 0 Å². The van der Waals surface area contributed by atoms with Gasteiger partial charge < -0.3 is 14.7 Å². The van der Waals surface area contributed by atoms with Crippen LogP contribution in [0.1, 0.15) is 16.7 Å². The second-order valence-electron chi connectivity index (χ2n) is 5.26. The molecule has 1 aromatic heterocycles. The minimum atomic E-state index is 0. The van der Waals surface area contributed by atoms with Crippen LogP contribution in [0.5, 0.6) is 0 Å². The number of rotatable bonds is 3. The molecule has 1 N–H and O–H groups in total. The summed E-state index contributed by atoms with van der Waals surface area (Å²) in [7, 11) is 0. The zero-order chi connectivity index (χ0) is 13.8. The van der Waals surface area contributed by atoms with Crippen molar-refractivity contribution in [2.45, 2.75) is 25.8 Å². The molecule has 1 aliphatic heterocycles. The van der Waals surface area contributed by atoms with Gasteiger partial charge in [0.1, 0.15) is 5.56 Å². The van der Waals surface area contributed by atoms with Gasteiger partial charge in [0.25, 0.3) is 0 Å². The first-order chi connectivity index (χ1) is 9.83. The van der Waals surface area contributed by atoms with E-state index in [1.807, 2.05) is 0 Å². The Bertz CT molecular complexity index is 657. The number of nitrogens with zero attached hydrogens (tertiary/aromatic N) is 1.